The number of nitrogens with zero attached hydrogens (tertiary/aromatic N) is 2. The molecule has 0 aliphatic heterocycles. The average Bonchev–Trinajstić information content (AvgIpc) is 3.03. The van der Waals surface area contributed by atoms with Gasteiger partial charge in [0.1, 0.15) is 5.75 Å². The van der Waals surface area contributed by atoms with Crippen molar-refractivity contribution in [3.05, 3.63) is 64.5 Å². The minimum absolute atomic E-state index is 0.466. The van der Waals surface area contributed by atoms with Crippen LogP contribution >= 0.6 is 15.9 Å². The van der Waals surface area contributed by atoms with Crippen LogP contribution in [0.3, 0.4) is 0 Å². The van der Waals surface area contributed by atoms with Gasteiger partial charge in [-0.3, -0.25) is 0 Å². The molecule has 0 N–H and O–H groups in total. The Kier molecular flexibility index (Phi) is 4.34. The van der Waals surface area contributed by atoms with E-state index in [4.69, 9.17) is 9.15 Å². The molecule has 0 fully saturated rings. The maximum atomic E-state index is 5.63. The molecular weight excluding hydrogens is 344 g/mol. The van der Waals surface area contributed by atoms with E-state index in [-0.39, 0.29) is 0 Å². The fraction of sp³-hybridized carbons (Fsp3) is 0.0588. The Morgan fingerprint density at radius 3 is 2.36 bits per heavy atom. The van der Waals surface area contributed by atoms with Gasteiger partial charge in [-0.2, -0.15) is 0 Å². The van der Waals surface area contributed by atoms with E-state index in [9.17, 15) is 0 Å². The molecule has 5 heteroatoms. The maximum absolute atomic E-state index is 5.63. The fourth-order valence-electron chi connectivity index (χ4n) is 1.89. The summed E-state index contributed by atoms with van der Waals surface area (Å²) in [4.78, 5) is 0. The lowest BCUT2D eigenvalue weighted by Gasteiger charge is -1.98. The van der Waals surface area contributed by atoms with Crippen LogP contribution in [0.25, 0.3) is 23.6 Å². The monoisotopic (exact) mass is 356 g/mol. The molecule has 0 unspecified atom stereocenters. The summed E-state index contributed by atoms with van der Waals surface area (Å²) in [5.74, 6) is 1.79. The Morgan fingerprint density at radius 1 is 0.955 bits per heavy atom. The van der Waals surface area contributed by atoms with Gasteiger partial charge < -0.3 is 9.15 Å². The van der Waals surface area contributed by atoms with Gasteiger partial charge in [0, 0.05) is 16.1 Å². The zero-order chi connectivity index (χ0) is 15.4. The quantitative estimate of drug-likeness (QED) is 0.680. The summed E-state index contributed by atoms with van der Waals surface area (Å²) in [5, 5.41) is 8.08. The molecule has 0 spiro atoms. The van der Waals surface area contributed by atoms with Crippen LogP contribution in [-0.2, 0) is 0 Å². The maximum Gasteiger partial charge on any atom is 0.248 e. The number of ether oxygens (including phenoxy) is 1. The third-order valence-electron chi connectivity index (χ3n) is 3.07. The van der Waals surface area contributed by atoms with E-state index < -0.39 is 0 Å². The van der Waals surface area contributed by atoms with Crippen molar-refractivity contribution in [3.63, 3.8) is 0 Å². The van der Waals surface area contributed by atoms with Crippen LogP contribution in [0.5, 0.6) is 5.75 Å². The third kappa shape index (κ3) is 3.43. The number of hydrogen-bond donors (Lipinski definition) is 0. The summed E-state index contributed by atoms with van der Waals surface area (Å²) in [6.07, 6.45) is 3.70. The predicted molar refractivity (Wildman–Crippen MR) is 89.4 cm³/mol. The van der Waals surface area contributed by atoms with Crippen molar-refractivity contribution in [2.75, 3.05) is 7.11 Å². The van der Waals surface area contributed by atoms with Gasteiger partial charge in [0.25, 0.3) is 0 Å². The molecule has 0 saturated heterocycles. The SMILES string of the molecule is COc1ccc(/C=C/c2nnc(-c3ccc(Br)cc3)o2)cc1. The largest absolute Gasteiger partial charge is 0.497 e. The van der Waals surface area contributed by atoms with Crippen molar-refractivity contribution < 1.29 is 9.15 Å². The highest BCUT2D eigenvalue weighted by atomic mass is 79.9. The van der Waals surface area contributed by atoms with Crippen LogP contribution in [0.4, 0.5) is 0 Å². The van der Waals surface area contributed by atoms with Crippen LogP contribution in [0.2, 0.25) is 0 Å². The molecule has 0 amide bonds. The highest BCUT2D eigenvalue weighted by Gasteiger charge is 2.06. The minimum Gasteiger partial charge on any atom is -0.497 e. The van der Waals surface area contributed by atoms with Crippen molar-refractivity contribution in [1.82, 2.24) is 10.2 Å². The van der Waals surface area contributed by atoms with Gasteiger partial charge in [0.15, 0.2) is 0 Å². The molecule has 3 rings (SSSR count). The van der Waals surface area contributed by atoms with E-state index >= 15 is 0 Å². The Hall–Kier alpha value is -2.40. The van der Waals surface area contributed by atoms with Gasteiger partial charge in [0.2, 0.25) is 11.8 Å². The van der Waals surface area contributed by atoms with Gasteiger partial charge in [-0.25, -0.2) is 0 Å². The molecule has 4 nitrogen and oxygen atoms in total. The average molecular weight is 357 g/mol. The van der Waals surface area contributed by atoms with Crippen molar-refractivity contribution in [3.8, 4) is 17.2 Å². The molecule has 0 aliphatic carbocycles. The second-order valence-electron chi connectivity index (χ2n) is 4.56. The van der Waals surface area contributed by atoms with Crippen molar-refractivity contribution in [2.45, 2.75) is 0 Å². The van der Waals surface area contributed by atoms with Gasteiger partial charge in [0.05, 0.1) is 7.11 Å². The molecule has 0 atom stereocenters. The smallest absolute Gasteiger partial charge is 0.248 e. The first-order valence-corrected chi connectivity index (χ1v) is 7.45. The molecule has 110 valence electrons. The summed E-state index contributed by atoms with van der Waals surface area (Å²) in [5.41, 5.74) is 1.92. The van der Waals surface area contributed by atoms with Crippen LogP contribution in [0, 0.1) is 0 Å². The zero-order valence-electron chi connectivity index (χ0n) is 11.9. The molecule has 1 aromatic heterocycles. The van der Waals surface area contributed by atoms with Crippen LogP contribution < -0.4 is 4.74 Å². The lowest BCUT2D eigenvalue weighted by molar-refractivity contribution is 0.415. The van der Waals surface area contributed by atoms with E-state index in [1.54, 1.807) is 13.2 Å². The summed E-state index contributed by atoms with van der Waals surface area (Å²) in [6, 6.07) is 15.5. The topological polar surface area (TPSA) is 48.2 Å². The Labute approximate surface area is 136 Å². The second kappa shape index (κ2) is 6.58. The van der Waals surface area contributed by atoms with Gasteiger partial charge >= 0.3 is 0 Å². The van der Waals surface area contributed by atoms with E-state index in [1.807, 2.05) is 54.6 Å². The predicted octanol–water partition coefficient (Wildman–Crippen LogP) is 4.68. The third-order valence-corrected chi connectivity index (χ3v) is 3.59. The first-order valence-electron chi connectivity index (χ1n) is 6.66. The molecule has 0 aliphatic rings. The molecule has 1 heterocycles. The lowest BCUT2D eigenvalue weighted by atomic mass is 10.2. The Balaban J connectivity index is 1.75. The number of benzene rings is 2. The highest BCUT2D eigenvalue weighted by molar-refractivity contribution is 9.10. The molecule has 22 heavy (non-hydrogen) atoms. The van der Waals surface area contributed by atoms with Crippen LogP contribution in [-0.4, -0.2) is 17.3 Å². The number of hydrogen-bond acceptors (Lipinski definition) is 4. The molecule has 0 saturated carbocycles. The summed E-state index contributed by atoms with van der Waals surface area (Å²) in [7, 11) is 1.65. The molecule has 2 aromatic carbocycles. The summed E-state index contributed by atoms with van der Waals surface area (Å²) < 4.78 is 11.8. The van der Waals surface area contributed by atoms with Crippen molar-refractivity contribution in [2.24, 2.45) is 0 Å². The number of aromatic nitrogens is 2. The van der Waals surface area contributed by atoms with E-state index in [0.29, 0.717) is 11.8 Å². The molecule has 3 aromatic rings. The van der Waals surface area contributed by atoms with Gasteiger partial charge in [-0.15, -0.1) is 10.2 Å². The molecule has 0 radical (unpaired) electrons. The van der Waals surface area contributed by atoms with E-state index in [0.717, 1.165) is 21.3 Å². The Bertz CT molecular complexity index is 777. The van der Waals surface area contributed by atoms with Gasteiger partial charge in [-0.05, 0) is 48.0 Å². The number of methoxy groups -OCH3 is 1. The van der Waals surface area contributed by atoms with Crippen LogP contribution in [0.15, 0.2) is 57.4 Å². The van der Waals surface area contributed by atoms with E-state index in [2.05, 4.69) is 26.1 Å². The summed E-state index contributed by atoms with van der Waals surface area (Å²) in [6.45, 7) is 0. The number of halogens is 1. The first-order chi connectivity index (χ1) is 10.7. The molecular formula is C17H13BrN2O2. The van der Waals surface area contributed by atoms with Crippen LogP contribution in [0.1, 0.15) is 11.5 Å². The van der Waals surface area contributed by atoms with Crippen molar-refractivity contribution >= 4 is 28.1 Å². The van der Waals surface area contributed by atoms with E-state index in [1.165, 1.54) is 0 Å². The van der Waals surface area contributed by atoms with Gasteiger partial charge in [-0.1, -0.05) is 28.1 Å². The summed E-state index contributed by atoms with van der Waals surface area (Å²) >= 11 is 3.40. The molecule has 0 bridgehead atoms. The Morgan fingerprint density at radius 2 is 1.68 bits per heavy atom. The first kappa shape index (κ1) is 14.5. The number of rotatable bonds is 4. The second-order valence-corrected chi connectivity index (χ2v) is 5.47. The minimum atomic E-state index is 0.466. The normalized spacial score (nSPS) is 11.0. The lowest BCUT2D eigenvalue weighted by Crippen LogP contribution is -1.81. The fourth-order valence-corrected chi connectivity index (χ4v) is 2.16. The van der Waals surface area contributed by atoms with Crippen molar-refractivity contribution in [1.29, 1.82) is 0 Å². The standard InChI is InChI=1S/C17H13BrN2O2/c1-21-15-9-2-12(3-10-15)4-11-16-19-20-17(22-16)13-5-7-14(18)8-6-13/h2-11H,1H3/b11-4+. The highest BCUT2D eigenvalue weighted by Crippen LogP contribution is 2.21. The zero-order valence-corrected chi connectivity index (χ0v) is 13.4.